The van der Waals surface area contributed by atoms with Crippen LogP contribution in [-0.2, 0) is 23.2 Å². The Morgan fingerprint density at radius 2 is 1.65 bits per heavy atom. The maximum absolute atomic E-state index is 13.2. The van der Waals surface area contributed by atoms with E-state index in [2.05, 4.69) is 62.3 Å². The second-order valence-electron chi connectivity index (χ2n) is 11.2. The van der Waals surface area contributed by atoms with Gasteiger partial charge in [0.25, 0.3) is 5.91 Å². The lowest BCUT2D eigenvalue weighted by molar-refractivity contribution is -0.116. The minimum Gasteiger partial charge on any atom is -0.345 e. The maximum atomic E-state index is 13.2. The Morgan fingerprint density at radius 3 is 2.40 bits per heavy atom. The number of carbonyl (C=O) groups is 2. The standard InChI is InChI=1S/C32H35N5O2S/c1-21-9-8-12-26(22(21)2)37-28(19-33-30(39)24-13-15-25(16-14-24)32(3,4)5)34-35-31(37)40-20-29(38)36-18-17-23-10-6-7-11-27(23)36/h6-16H,17-20H2,1-5H3,(H,33,39). The number of aryl methyl sites for hydroxylation is 1. The van der Waals surface area contributed by atoms with Crippen molar-refractivity contribution >= 4 is 29.3 Å². The van der Waals surface area contributed by atoms with Gasteiger partial charge in [-0.1, -0.05) is 75.0 Å². The van der Waals surface area contributed by atoms with E-state index in [0.717, 1.165) is 28.9 Å². The van der Waals surface area contributed by atoms with E-state index in [0.29, 0.717) is 23.1 Å². The number of fused-ring (bicyclic) bond motifs is 1. The average Bonchev–Trinajstić information content (AvgIpc) is 3.56. The minimum atomic E-state index is -0.173. The number of nitrogens with zero attached hydrogens (tertiary/aromatic N) is 4. The molecule has 1 N–H and O–H groups in total. The molecule has 8 heteroatoms. The highest BCUT2D eigenvalue weighted by molar-refractivity contribution is 7.99. The fraction of sp³-hybridized carbons (Fsp3) is 0.312. The van der Waals surface area contributed by atoms with E-state index in [9.17, 15) is 9.59 Å². The molecule has 0 atom stereocenters. The SMILES string of the molecule is Cc1cccc(-n2c(CNC(=O)c3ccc(C(C)(C)C)cc3)nnc2SCC(=O)N2CCc3ccccc32)c1C. The first-order valence-electron chi connectivity index (χ1n) is 13.5. The summed E-state index contributed by atoms with van der Waals surface area (Å²) in [5, 5.41) is 12.5. The predicted octanol–water partition coefficient (Wildman–Crippen LogP) is 5.79. The molecule has 0 spiro atoms. The van der Waals surface area contributed by atoms with Crippen molar-refractivity contribution in [3.8, 4) is 5.69 Å². The third-order valence-corrected chi connectivity index (χ3v) is 8.36. The number of nitrogens with one attached hydrogen (secondary N) is 1. The lowest BCUT2D eigenvalue weighted by Gasteiger charge is -2.19. The monoisotopic (exact) mass is 553 g/mol. The second-order valence-corrected chi connectivity index (χ2v) is 12.1. The second kappa shape index (κ2) is 11.3. The zero-order valence-electron chi connectivity index (χ0n) is 23.7. The summed E-state index contributed by atoms with van der Waals surface area (Å²) in [5.41, 5.74) is 7.14. The number of aromatic nitrogens is 3. The third kappa shape index (κ3) is 5.68. The Hall–Kier alpha value is -3.91. The van der Waals surface area contributed by atoms with Crippen LogP contribution < -0.4 is 10.2 Å². The van der Waals surface area contributed by atoms with Crippen LogP contribution in [-0.4, -0.2) is 38.9 Å². The molecule has 40 heavy (non-hydrogen) atoms. The average molecular weight is 554 g/mol. The number of benzene rings is 3. The Kier molecular flexibility index (Phi) is 7.81. The molecular formula is C32H35N5O2S. The Bertz CT molecular complexity index is 1550. The van der Waals surface area contributed by atoms with Crippen molar-refractivity contribution in [2.45, 2.75) is 58.2 Å². The van der Waals surface area contributed by atoms with Crippen molar-refractivity contribution in [1.82, 2.24) is 20.1 Å². The zero-order chi connectivity index (χ0) is 28.4. The number of hydrogen-bond acceptors (Lipinski definition) is 5. The van der Waals surface area contributed by atoms with Crippen LogP contribution in [0.15, 0.2) is 71.9 Å². The number of hydrogen-bond donors (Lipinski definition) is 1. The van der Waals surface area contributed by atoms with Crippen molar-refractivity contribution < 1.29 is 9.59 Å². The lowest BCUT2D eigenvalue weighted by Crippen LogP contribution is -2.30. The van der Waals surface area contributed by atoms with Crippen molar-refractivity contribution in [3.63, 3.8) is 0 Å². The molecule has 1 aromatic heterocycles. The zero-order valence-corrected chi connectivity index (χ0v) is 24.5. The number of amides is 2. The van der Waals surface area contributed by atoms with E-state index < -0.39 is 0 Å². The van der Waals surface area contributed by atoms with Gasteiger partial charge in [0.05, 0.1) is 18.0 Å². The summed E-state index contributed by atoms with van der Waals surface area (Å²) in [6.07, 6.45) is 0.869. The summed E-state index contributed by atoms with van der Waals surface area (Å²) < 4.78 is 1.96. The molecule has 0 aliphatic carbocycles. The molecule has 7 nitrogen and oxygen atoms in total. The summed E-state index contributed by atoms with van der Waals surface area (Å²) in [7, 11) is 0. The molecule has 0 unspecified atom stereocenters. The van der Waals surface area contributed by atoms with Gasteiger partial charge in [0, 0.05) is 17.8 Å². The van der Waals surface area contributed by atoms with Gasteiger partial charge in [-0.05, 0) is 72.2 Å². The van der Waals surface area contributed by atoms with Gasteiger partial charge in [0.2, 0.25) is 5.91 Å². The van der Waals surface area contributed by atoms with Gasteiger partial charge in [0.1, 0.15) is 0 Å². The van der Waals surface area contributed by atoms with Crippen LogP contribution >= 0.6 is 11.8 Å². The summed E-state index contributed by atoms with van der Waals surface area (Å²) in [5.74, 6) is 0.714. The molecule has 0 bridgehead atoms. The van der Waals surface area contributed by atoms with Crippen LogP contribution in [0, 0.1) is 13.8 Å². The Labute approximate surface area is 240 Å². The van der Waals surface area contributed by atoms with E-state index in [-0.39, 0.29) is 29.5 Å². The molecule has 206 valence electrons. The smallest absolute Gasteiger partial charge is 0.251 e. The van der Waals surface area contributed by atoms with Crippen molar-refractivity contribution in [2.75, 3.05) is 17.2 Å². The van der Waals surface area contributed by atoms with Gasteiger partial charge in [0.15, 0.2) is 11.0 Å². The first-order valence-corrected chi connectivity index (χ1v) is 14.5. The van der Waals surface area contributed by atoms with Gasteiger partial charge in [-0.15, -0.1) is 10.2 Å². The molecule has 4 aromatic rings. The van der Waals surface area contributed by atoms with Gasteiger partial charge >= 0.3 is 0 Å². The van der Waals surface area contributed by atoms with Crippen LogP contribution in [0.3, 0.4) is 0 Å². The molecule has 2 amide bonds. The molecule has 5 rings (SSSR count). The number of para-hydroxylation sites is 1. The molecule has 0 radical (unpaired) electrons. The van der Waals surface area contributed by atoms with Crippen LogP contribution in [0.5, 0.6) is 0 Å². The maximum Gasteiger partial charge on any atom is 0.251 e. The van der Waals surface area contributed by atoms with Crippen molar-refractivity contribution in [1.29, 1.82) is 0 Å². The number of thioether (sulfide) groups is 1. The number of rotatable bonds is 7. The van der Waals surface area contributed by atoms with Crippen molar-refractivity contribution in [2.24, 2.45) is 0 Å². The normalized spacial score (nSPS) is 12.9. The number of anilines is 1. The van der Waals surface area contributed by atoms with Crippen LogP contribution in [0.2, 0.25) is 0 Å². The van der Waals surface area contributed by atoms with E-state index in [1.807, 2.05) is 64.1 Å². The van der Waals surface area contributed by atoms with Crippen LogP contribution in [0.4, 0.5) is 5.69 Å². The van der Waals surface area contributed by atoms with E-state index in [1.54, 1.807) is 0 Å². The Balaban J connectivity index is 1.35. The van der Waals surface area contributed by atoms with E-state index in [1.165, 1.54) is 22.9 Å². The van der Waals surface area contributed by atoms with Gasteiger partial charge in [-0.3, -0.25) is 14.2 Å². The van der Waals surface area contributed by atoms with Crippen LogP contribution in [0.1, 0.15) is 59.2 Å². The highest BCUT2D eigenvalue weighted by Crippen LogP contribution is 2.30. The molecule has 0 fully saturated rings. The summed E-state index contributed by atoms with van der Waals surface area (Å²) in [4.78, 5) is 28.1. The van der Waals surface area contributed by atoms with E-state index >= 15 is 0 Å². The molecule has 2 heterocycles. The summed E-state index contributed by atoms with van der Waals surface area (Å²) in [6.45, 7) is 11.5. The molecule has 1 aliphatic heterocycles. The fourth-order valence-corrected chi connectivity index (χ4v) is 5.75. The first kappa shape index (κ1) is 27.6. The number of carbonyl (C=O) groups excluding carboxylic acids is 2. The summed E-state index contributed by atoms with van der Waals surface area (Å²) in [6, 6.07) is 21.8. The first-order chi connectivity index (χ1) is 19.1. The Morgan fingerprint density at radius 1 is 0.925 bits per heavy atom. The summed E-state index contributed by atoms with van der Waals surface area (Å²) >= 11 is 1.37. The largest absolute Gasteiger partial charge is 0.345 e. The molecule has 0 saturated carbocycles. The highest BCUT2D eigenvalue weighted by Gasteiger charge is 2.25. The highest BCUT2D eigenvalue weighted by atomic mass is 32.2. The van der Waals surface area contributed by atoms with Crippen molar-refractivity contribution in [3.05, 3.63) is 100 Å². The quantitative estimate of drug-likeness (QED) is 0.293. The predicted molar refractivity (Wildman–Crippen MR) is 160 cm³/mol. The molecule has 0 saturated heterocycles. The fourth-order valence-electron chi connectivity index (χ4n) is 4.91. The third-order valence-electron chi connectivity index (χ3n) is 7.45. The molecule has 3 aromatic carbocycles. The molecular weight excluding hydrogens is 518 g/mol. The van der Waals surface area contributed by atoms with E-state index in [4.69, 9.17) is 0 Å². The lowest BCUT2D eigenvalue weighted by atomic mass is 9.87. The van der Waals surface area contributed by atoms with Crippen LogP contribution in [0.25, 0.3) is 5.69 Å². The minimum absolute atomic E-state index is 0.0186. The topological polar surface area (TPSA) is 80.1 Å². The van der Waals surface area contributed by atoms with Gasteiger partial charge in [-0.25, -0.2) is 0 Å². The van der Waals surface area contributed by atoms with Gasteiger partial charge in [-0.2, -0.15) is 0 Å². The molecule has 1 aliphatic rings. The van der Waals surface area contributed by atoms with Gasteiger partial charge < -0.3 is 10.2 Å².